The van der Waals surface area contributed by atoms with Gasteiger partial charge in [0, 0.05) is 30.8 Å². The molecule has 0 saturated carbocycles. The van der Waals surface area contributed by atoms with Crippen LogP contribution in [0.25, 0.3) is 0 Å². The number of aliphatic imine (C=N–C) groups is 1. The second kappa shape index (κ2) is 9.35. The number of amides is 2. The molecule has 2 aliphatic heterocycles. The van der Waals surface area contributed by atoms with Gasteiger partial charge in [-0.1, -0.05) is 44.5 Å². The summed E-state index contributed by atoms with van der Waals surface area (Å²) < 4.78 is 27.3. The molecule has 9 heteroatoms. The number of nitrogens with zero attached hydrogens (tertiary/aromatic N) is 2. The van der Waals surface area contributed by atoms with Crippen molar-refractivity contribution >= 4 is 33.4 Å². The van der Waals surface area contributed by atoms with Crippen LogP contribution < -0.4 is 14.9 Å². The first-order valence-corrected chi connectivity index (χ1v) is 12.7. The molecule has 8 nitrogen and oxygen atoms in total. The Labute approximate surface area is 194 Å². The fourth-order valence-electron chi connectivity index (χ4n) is 4.09. The number of nitrogens with one attached hydrogen (secondary N) is 2. The fraction of sp³-hybridized carbons (Fsp3) is 0.375. The van der Waals surface area contributed by atoms with E-state index in [1.54, 1.807) is 23.1 Å². The first kappa shape index (κ1) is 23.0. The maximum absolute atomic E-state index is 13.1. The lowest BCUT2D eigenvalue weighted by atomic mass is 9.98. The highest BCUT2D eigenvalue weighted by Crippen LogP contribution is 2.25. The quantitative estimate of drug-likeness (QED) is 0.651. The van der Waals surface area contributed by atoms with Gasteiger partial charge in [0.15, 0.2) is 0 Å². The van der Waals surface area contributed by atoms with E-state index in [0.717, 1.165) is 17.7 Å². The van der Waals surface area contributed by atoms with Gasteiger partial charge < -0.3 is 10.2 Å². The molecule has 0 aliphatic carbocycles. The molecule has 1 fully saturated rings. The topological polar surface area (TPSA) is 108 Å². The average molecular weight is 469 g/mol. The summed E-state index contributed by atoms with van der Waals surface area (Å²) in [5.41, 5.74) is 2.18. The smallest absolute Gasteiger partial charge is 0.263 e. The lowest BCUT2D eigenvalue weighted by Gasteiger charge is -2.20. The molecule has 33 heavy (non-hydrogen) atoms. The number of amidine groups is 1. The van der Waals surface area contributed by atoms with E-state index in [0.29, 0.717) is 24.9 Å². The Bertz CT molecular complexity index is 1210. The maximum atomic E-state index is 13.1. The van der Waals surface area contributed by atoms with Crippen molar-refractivity contribution in [1.82, 2.24) is 10.0 Å². The van der Waals surface area contributed by atoms with E-state index in [1.165, 1.54) is 6.07 Å². The van der Waals surface area contributed by atoms with Crippen LogP contribution in [0.15, 0.2) is 58.4 Å². The molecule has 2 N–H and O–H groups in total. The van der Waals surface area contributed by atoms with Crippen LogP contribution in [0.3, 0.4) is 0 Å². The molecule has 2 aromatic carbocycles. The van der Waals surface area contributed by atoms with Gasteiger partial charge >= 0.3 is 0 Å². The zero-order valence-corrected chi connectivity index (χ0v) is 19.6. The first-order valence-electron chi connectivity index (χ1n) is 11.2. The van der Waals surface area contributed by atoms with Crippen LogP contribution in [0, 0.1) is 5.92 Å². The van der Waals surface area contributed by atoms with E-state index in [9.17, 15) is 18.0 Å². The highest BCUT2D eigenvalue weighted by Gasteiger charge is 2.33. The molecular weight excluding hydrogens is 440 g/mol. The van der Waals surface area contributed by atoms with Gasteiger partial charge in [-0.25, -0.2) is 8.42 Å². The van der Waals surface area contributed by atoms with E-state index in [1.807, 2.05) is 38.1 Å². The number of benzene rings is 2. The van der Waals surface area contributed by atoms with Crippen LogP contribution >= 0.6 is 0 Å². The van der Waals surface area contributed by atoms with Gasteiger partial charge in [-0.15, -0.1) is 0 Å². The molecule has 2 amide bonds. The largest absolute Gasteiger partial charge is 0.350 e. The Balaban J connectivity index is 1.52. The molecule has 2 aliphatic rings. The summed E-state index contributed by atoms with van der Waals surface area (Å²) >= 11 is 0. The van der Waals surface area contributed by atoms with Crippen LogP contribution in [-0.2, 0) is 26.2 Å². The van der Waals surface area contributed by atoms with Gasteiger partial charge in [-0.2, -0.15) is 0 Å². The van der Waals surface area contributed by atoms with Gasteiger partial charge in [0.25, 0.3) is 10.0 Å². The van der Waals surface area contributed by atoms with Crippen molar-refractivity contribution in [3.8, 4) is 0 Å². The summed E-state index contributed by atoms with van der Waals surface area (Å²) in [4.78, 5) is 31.6. The van der Waals surface area contributed by atoms with E-state index in [2.05, 4.69) is 15.0 Å². The maximum Gasteiger partial charge on any atom is 0.263 e. The molecule has 2 aromatic rings. The summed E-state index contributed by atoms with van der Waals surface area (Å²) in [5.74, 6) is -0.0601. The second-order valence-electron chi connectivity index (χ2n) is 8.45. The predicted molar refractivity (Wildman–Crippen MR) is 126 cm³/mol. The van der Waals surface area contributed by atoms with Crippen molar-refractivity contribution in [3.05, 3.63) is 59.7 Å². The molecule has 0 spiro atoms. The number of carbonyl (C=O) groups is 2. The van der Waals surface area contributed by atoms with Crippen LogP contribution in [0.4, 0.5) is 5.69 Å². The minimum absolute atomic E-state index is 0.0941. The third-order valence-electron chi connectivity index (χ3n) is 6.14. The van der Waals surface area contributed by atoms with Gasteiger partial charge in [-0.3, -0.25) is 19.3 Å². The Morgan fingerprint density at radius 1 is 1.21 bits per heavy atom. The number of carbonyl (C=O) groups excluding carboxylic acids is 2. The molecule has 0 unspecified atom stereocenters. The van der Waals surface area contributed by atoms with Crippen LogP contribution in [0.5, 0.6) is 0 Å². The molecule has 2 atom stereocenters. The minimum Gasteiger partial charge on any atom is -0.350 e. The monoisotopic (exact) mass is 468 g/mol. The van der Waals surface area contributed by atoms with Crippen LogP contribution in [0.2, 0.25) is 0 Å². The van der Waals surface area contributed by atoms with Crippen LogP contribution in [0.1, 0.15) is 44.2 Å². The zero-order valence-electron chi connectivity index (χ0n) is 18.7. The fourth-order valence-corrected chi connectivity index (χ4v) is 5.32. The van der Waals surface area contributed by atoms with E-state index < -0.39 is 16.1 Å². The summed E-state index contributed by atoms with van der Waals surface area (Å²) in [6, 6.07) is 13.4. The van der Waals surface area contributed by atoms with Gasteiger partial charge in [0.2, 0.25) is 11.8 Å². The molecular formula is C24H28N4O4S. The predicted octanol–water partition coefficient (Wildman–Crippen LogP) is 2.58. The Kier molecular flexibility index (Phi) is 6.51. The molecule has 4 rings (SSSR count). The van der Waals surface area contributed by atoms with Crippen molar-refractivity contribution < 1.29 is 18.0 Å². The number of hydrogen-bond acceptors (Lipinski definition) is 5. The number of anilines is 1. The van der Waals surface area contributed by atoms with Crippen LogP contribution in [-0.4, -0.2) is 38.7 Å². The average Bonchev–Trinajstić information content (AvgIpc) is 3.36. The Hall–Kier alpha value is -3.20. The van der Waals surface area contributed by atoms with E-state index >= 15 is 0 Å². The number of fused-ring (bicyclic) bond motifs is 1. The third kappa shape index (κ3) is 4.78. The lowest BCUT2D eigenvalue weighted by molar-refractivity contribution is -0.123. The van der Waals surface area contributed by atoms with Gasteiger partial charge in [0.05, 0.1) is 4.90 Å². The second-order valence-corrected chi connectivity index (χ2v) is 10.1. The number of rotatable bonds is 7. The zero-order chi connectivity index (χ0) is 23.6. The summed E-state index contributed by atoms with van der Waals surface area (Å²) in [7, 11) is -3.68. The normalized spacial score (nSPS) is 19.8. The third-order valence-corrected chi connectivity index (χ3v) is 7.54. The molecule has 0 radical (unpaired) electrons. The number of sulfonamides is 1. The van der Waals surface area contributed by atoms with Gasteiger partial charge in [0.1, 0.15) is 11.9 Å². The minimum atomic E-state index is -3.68. The van der Waals surface area contributed by atoms with E-state index in [-0.39, 0.29) is 35.0 Å². The summed E-state index contributed by atoms with van der Waals surface area (Å²) in [6.07, 6.45) is 2.12. The van der Waals surface area contributed by atoms with Crippen molar-refractivity contribution in [1.29, 1.82) is 0 Å². The van der Waals surface area contributed by atoms with Crippen molar-refractivity contribution in [2.75, 3.05) is 11.4 Å². The van der Waals surface area contributed by atoms with E-state index in [4.69, 9.17) is 0 Å². The highest BCUT2D eigenvalue weighted by molar-refractivity contribution is 7.90. The standard InChI is InChI=1S/C24H28N4O4S/c1-3-16(2)22(26-23-19-10-4-5-11-20(19)33(31,32)27-23)24(30)25-15-17-8-6-9-18(14-17)28-13-7-12-21(28)29/h4-6,8-11,14,16,22H,3,7,12-13,15H2,1-2H3,(H,25,30)(H,26,27)/t16-,22-/m0/s1. The summed E-state index contributed by atoms with van der Waals surface area (Å²) in [6.45, 7) is 4.88. The van der Waals surface area contributed by atoms with Gasteiger partial charge in [-0.05, 0) is 42.2 Å². The molecule has 174 valence electrons. The number of hydrogen-bond donors (Lipinski definition) is 2. The first-order chi connectivity index (χ1) is 15.8. The molecule has 0 bridgehead atoms. The molecule has 0 aromatic heterocycles. The molecule has 2 heterocycles. The van der Waals surface area contributed by atoms with Crippen molar-refractivity contribution in [2.45, 2.75) is 50.6 Å². The summed E-state index contributed by atoms with van der Waals surface area (Å²) in [5, 5.41) is 2.94. The molecule has 1 saturated heterocycles. The Morgan fingerprint density at radius 3 is 2.73 bits per heavy atom. The lowest BCUT2D eigenvalue weighted by Crippen LogP contribution is -2.39. The Morgan fingerprint density at radius 2 is 2.00 bits per heavy atom. The van der Waals surface area contributed by atoms with Crippen molar-refractivity contribution in [3.63, 3.8) is 0 Å². The van der Waals surface area contributed by atoms with Crippen molar-refractivity contribution in [2.24, 2.45) is 10.9 Å². The SMILES string of the molecule is CC[C@H](C)[C@H](N=C1NS(=O)(=O)c2ccccc21)C(=O)NCc1cccc(N2CCCC2=O)c1. The highest BCUT2D eigenvalue weighted by atomic mass is 32.2.